The van der Waals surface area contributed by atoms with Crippen LogP contribution >= 0.6 is 15.9 Å². The van der Waals surface area contributed by atoms with Gasteiger partial charge >= 0.3 is 0 Å². The third-order valence-electron chi connectivity index (χ3n) is 3.14. The number of hydrogen-bond donors (Lipinski definition) is 1. The molecule has 0 saturated heterocycles. The molecule has 0 spiro atoms. The zero-order valence-corrected chi connectivity index (χ0v) is 13.8. The second-order valence-corrected chi connectivity index (χ2v) is 6.38. The van der Waals surface area contributed by atoms with E-state index in [1.807, 2.05) is 12.1 Å². The fourth-order valence-corrected chi connectivity index (χ4v) is 2.30. The third kappa shape index (κ3) is 5.93. The Balaban J connectivity index is 2.50. The molecule has 0 radical (unpaired) electrons. The van der Waals surface area contributed by atoms with Crippen LogP contribution in [0.2, 0.25) is 0 Å². The highest BCUT2D eigenvalue weighted by Gasteiger charge is 2.17. The summed E-state index contributed by atoms with van der Waals surface area (Å²) in [7, 11) is 3.45. The average Bonchev–Trinajstić information content (AvgIpc) is 2.36. The number of methoxy groups -OCH3 is 2. The van der Waals surface area contributed by atoms with E-state index in [0.29, 0.717) is 0 Å². The van der Waals surface area contributed by atoms with Crippen molar-refractivity contribution in [1.29, 1.82) is 0 Å². The van der Waals surface area contributed by atoms with Crippen molar-refractivity contribution in [3.8, 4) is 5.75 Å². The van der Waals surface area contributed by atoms with Gasteiger partial charge in [-0.25, -0.2) is 0 Å². The maximum Gasteiger partial charge on any atom is 0.123 e. The van der Waals surface area contributed by atoms with E-state index in [2.05, 4.69) is 41.2 Å². The van der Waals surface area contributed by atoms with Crippen LogP contribution in [0.5, 0.6) is 5.75 Å². The summed E-state index contributed by atoms with van der Waals surface area (Å²) in [5, 5.41) is 3.50. The fourth-order valence-electron chi connectivity index (χ4n) is 1.89. The molecule has 1 rings (SSSR count). The van der Waals surface area contributed by atoms with Gasteiger partial charge in [-0.2, -0.15) is 0 Å². The summed E-state index contributed by atoms with van der Waals surface area (Å²) in [6.07, 6.45) is 1.05. The molecule has 1 N–H and O–H groups in total. The molecular weight excluding hydrogens is 306 g/mol. The lowest BCUT2D eigenvalue weighted by Crippen LogP contribution is -2.30. The first-order chi connectivity index (χ1) is 8.98. The molecule has 1 aromatic carbocycles. The Bertz CT molecular complexity index is 394. The summed E-state index contributed by atoms with van der Waals surface area (Å²) >= 11 is 3.49. The number of rotatable bonds is 8. The molecule has 19 heavy (non-hydrogen) atoms. The van der Waals surface area contributed by atoms with Crippen molar-refractivity contribution >= 4 is 15.9 Å². The maximum atomic E-state index is 5.37. The molecule has 0 amide bonds. The van der Waals surface area contributed by atoms with Gasteiger partial charge in [-0.1, -0.05) is 29.8 Å². The molecule has 3 nitrogen and oxygen atoms in total. The first-order valence-corrected chi connectivity index (χ1v) is 7.30. The lowest BCUT2D eigenvalue weighted by molar-refractivity contribution is 0.150. The highest BCUT2D eigenvalue weighted by atomic mass is 79.9. The highest BCUT2D eigenvalue weighted by molar-refractivity contribution is 9.10. The quantitative estimate of drug-likeness (QED) is 0.790. The van der Waals surface area contributed by atoms with Crippen molar-refractivity contribution in [3.05, 3.63) is 28.2 Å². The molecule has 0 aliphatic heterocycles. The van der Waals surface area contributed by atoms with E-state index in [1.165, 1.54) is 5.56 Å². The van der Waals surface area contributed by atoms with E-state index in [0.717, 1.165) is 36.3 Å². The largest absolute Gasteiger partial charge is 0.496 e. The molecule has 0 bridgehead atoms. The van der Waals surface area contributed by atoms with E-state index in [1.54, 1.807) is 14.2 Å². The predicted molar refractivity (Wildman–Crippen MR) is 82.7 cm³/mol. The molecule has 0 atom stereocenters. The monoisotopic (exact) mass is 329 g/mol. The Kier molecular flexibility index (Phi) is 6.83. The predicted octanol–water partition coefficient (Wildman–Crippen LogP) is 3.61. The smallest absolute Gasteiger partial charge is 0.123 e. The van der Waals surface area contributed by atoms with Crippen LogP contribution in [0.15, 0.2) is 22.7 Å². The van der Waals surface area contributed by atoms with Gasteiger partial charge in [-0.3, -0.25) is 0 Å². The summed E-state index contributed by atoms with van der Waals surface area (Å²) in [6.45, 7) is 7.05. The van der Waals surface area contributed by atoms with Gasteiger partial charge in [0.25, 0.3) is 0 Å². The van der Waals surface area contributed by atoms with Crippen LogP contribution in [0.25, 0.3) is 0 Å². The molecule has 0 aliphatic carbocycles. The first kappa shape index (κ1) is 16.5. The lowest BCUT2D eigenvalue weighted by Gasteiger charge is -2.25. The summed E-state index contributed by atoms with van der Waals surface area (Å²) in [6, 6.07) is 6.07. The van der Waals surface area contributed by atoms with Crippen molar-refractivity contribution in [3.63, 3.8) is 0 Å². The number of nitrogens with one attached hydrogen (secondary N) is 1. The number of ether oxygens (including phenoxy) is 2. The third-order valence-corrected chi connectivity index (χ3v) is 3.64. The molecular formula is C15H24BrNO2. The van der Waals surface area contributed by atoms with Gasteiger partial charge < -0.3 is 14.8 Å². The number of benzene rings is 1. The second kappa shape index (κ2) is 7.88. The minimum absolute atomic E-state index is 0.231. The highest BCUT2D eigenvalue weighted by Crippen LogP contribution is 2.24. The van der Waals surface area contributed by atoms with E-state index < -0.39 is 0 Å². The molecule has 0 aromatic heterocycles. The SMILES string of the molecule is COCCC(C)(C)CNCc1cc(Br)ccc1OC. The number of halogens is 1. The van der Waals surface area contributed by atoms with E-state index in [-0.39, 0.29) is 5.41 Å². The van der Waals surface area contributed by atoms with Gasteiger partial charge in [0, 0.05) is 36.8 Å². The standard InChI is InChI=1S/C15H24BrNO2/c1-15(2,7-8-18-3)11-17-10-12-9-13(16)5-6-14(12)19-4/h5-6,9,17H,7-8,10-11H2,1-4H3. The van der Waals surface area contributed by atoms with Gasteiger partial charge in [0.2, 0.25) is 0 Å². The van der Waals surface area contributed by atoms with Crippen LogP contribution < -0.4 is 10.1 Å². The minimum Gasteiger partial charge on any atom is -0.496 e. The molecule has 0 fully saturated rings. The molecule has 0 unspecified atom stereocenters. The van der Waals surface area contributed by atoms with Crippen LogP contribution in [0.1, 0.15) is 25.8 Å². The zero-order valence-electron chi connectivity index (χ0n) is 12.3. The molecule has 0 aliphatic rings. The Hall–Kier alpha value is -0.580. The van der Waals surface area contributed by atoms with Gasteiger partial charge in [-0.15, -0.1) is 0 Å². The van der Waals surface area contributed by atoms with E-state index in [4.69, 9.17) is 9.47 Å². The molecule has 108 valence electrons. The molecule has 0 saturated carbocycles. The van der Waals surface area contributed by atoms with Crippen LogP contribution in [0, 0.1) is 5.41 Å². The summed E-state index contributed by atoms with van der Waals surface area (Å²) < 4.78 is 11.6. The van der Waals surface area contributed by atoms with Gasteiger partial charge in [0.05, 0.1) is 7.11 Å². The van der Waals surface area contributed by atoms with Gasteiger partial charge in [0.15, 0.2) is 0 Å². The second-order valence-electron chi connectivity index (χ2n) is 5.47. The first-order valence-electron chi connectivity index (χ1n) is 6.50. The summed E-state index contributed by atoms with van der Waals surface area (Å²) in [4.78, 5) is 0. The fraction of sp³-hybridized carbons (Fsp3) is 0.600. The van der Waals surface area contributed by atoms with Crippen molar-refractivity contribution in [2.75, 3.05) is 27.4 Å². The van der Waals surface area contributed by atoms with Crippen molar-refractivity contribution in [1.82, 2.24) is 5.32 Å². The summed E-state index contributed by atoms with van der Waals surface area (Å²) in [5.41, 5.74) is 1.40. The van der Waals surface area contributed by atoms with Crippen LogP contribution in [-0.2, 0) is 11.3 Å². The van der Waals surface area contributed by atoms with Crippen molar-refractivity contribution < 1.29 is 9.47 Å². The van der Waals surface area contributed by atoms with Crippen LogP contribution in [0.4, 0.5) is 0 Å². The van der Waals surface area contributed by atoms with Gasteiger partial charge in [-0.05, 0) is 30.0 Å². The van der Waals surface area contributed by atoms with Crippen molar-refractivity contribution in [2.24, 2.45) is 5.41 Å². The van der Waals surface area contributed by atoms with E-state index in [9.17, 15) is 0 Å². The van der Waals surface area contributed by atoms with Crippen molar-refractivity contribution in [2.45, 2.75) is 26.8 Å². The maximum absolute atomic E-state index is 5.37. The normalized spacial score (nSPS) is 11.6. The van der Waals surface area contributed by atoms with E-state index >= 15 is 0 Å². The number of hydrogen-bond acceptors (Lipinski definition) is 3. The van der Waals surface area contributed by atoms with Crippen LogP contribution in [0.3, 0.4) is 0 Å². The van der Waals surface area contributed by atoms with Crippen LogP contribution in [-0.4, -0.2) is 27.4 Å². The minimum atomic E-state index is 0.231. The average molecular weight is 330 g/mol. The van der Waals surface area contributed by atoms with Gasteiger partial charge in [0.1, 0.15) is 5.75 Å². The topological polar surface area (TPSA) is 30.5 Å². The Morgan fingerprint density at radius 2 is 2.00 bits per heavy atom. The molecule has 4 heteroatoms. The zero-order chi connectivity index (χ0) is 14.3. The Labute approximate surface area is 124 Å². The summed E-state index contributed by atoms with van der Waals surface area (Å²) in [5.74, 6) is 0.922. The molecule has 0 heterocycles. The lowest BCUT2D eigenvalue weighted by atomic mass is 9.89. The Morgan fingerprint density at radius 1 is 1.26 bits per heavy atom. The molecule has 1 aromatic rings. The Morgan fingerprint density at radius 3 is 2.63 bits per heavy atom.